The van der Waals surface area contributed by atoms with E-state index in [1.165, 1.54) is 5.56 Å². The second kappa shape index (κ2) is 8.31. The summed E-state index contributed by atoms with van der Waals surface area (Å²) in [7, 11) is 1.90. The fourth-order valence-corrected chi connectivity index (χ4v) is 2.23. The molecule has 0 bridgehead atoms. The van der Waals surface area contributed by atoms with E-state index >= 15 is 0 Å². The summed E-state index contributed by atoms with van der Waals surface area (Å²) in [4.78, 5) is 4.51. The summed E-state index contributed by atoms with van der Waals surface area (Å²) in [5.41, 5.74) is 1.45. The number of hydrogen-bond acceptors (Lipinski definition) is 4. The van der Waals surface area contributed by atoms with Gasteiger partial charge in [0, 0.05) is 6.54 Å². The molecular weight excluding hydrogens is 312 g/mol. The summed E-state index contributed by atoms with van der Waals surface area (Å²) in [6.07, 6.45) is 0. The van der Waals surface area contributed by atoms with Crippen LogP contribution in [0.5, 0.6) is 5.75 Å². The van der Waals surface area contributed by atoms with Gasteiger partial charge in [0.2, 0.25) is 0 Å². The summed E-state index contributed by atoms with van der Waals surface area (Å²) in [6, 6.07) is 8.23. The zero-order valence-corrected chi connectivity index (χ0v) is 15.4. The van der Waals surface area contributed by atoms with Crippen LogP contribution in [0.2, 0.25) is 0 Å². The molecule has 0 amide bonds. The number of hydrogen-bond donors (Lipinski definition) is 1. The first-order valence-corrected chi connectivity index (χ1v) is 7.74. The van der Waals surface area contributed by atoms with Gasteiger partial charge in [0.15, 0.2) is 5.82 Å². The molecule has 6 heteroatoms. The smallest absolute Gasteiger partial charge is 0.188 e. The van der Waals surface area contributed by atoms with Crippen LogP contribution in [0.3, 0.4) is 0 Å². The van der Waals surface area contributed by atoms with E-state index < -0.39 is 0 Å². The van der Waals surface area contributed by atoms with Gasteiger partial charge < -0.3 is 10.1 Å². The molecule has 23 heavy (non-hydrogen) atoms. The molecule has 0 aliphatic heterocycles. The van der Waals surface area contributed by atoms with Crippen LogP contribution in [0.15, 0.2) is 24.3 Å². The second-order valence-corrected chi connectivity index (χ2v) is 6.35. The Balaban J connectivity index is 0.00000264. The van der Waals surface area contributed by atoms with Gasteiger partial charge in [-0.1, -0.05) is 32.9 Å². The Morgan fingerprint density at radius 2 is 1.83 bits per heavy atom. The van der Waals surface area contributed by atoms with Crippen LogP contribution in [0, 0.1) is 0 Å². The molecule has 0 saturated carbocycles. The van der Waals surface area contributed by atoms with Crippen molar-refractivity contribution in [2.45, 2.75) is 52.8 Å². The minimum absolute atomic E-state index is 0. The van der Waals surface area contributed by atoms with Crippen molar-refractivity contribution in [3.8, 4) is 5.75 Å². The SMILES string of the molecule is CCn1nc(COc2ccc(C(C)(C)C)cc2)nc1CNC.Cl. The van der Waals surface area contributed by atoms with Gasteiger partial charge >= 0.3 is 0 Å². The monoisotopic (exact) mass is 338 g/mol. The van der Waals surface area contributed by atoms with Gasteiger partial charge in [0.1, 0.15) is 18.2 Å². The molecular formula is C17H27ClN4O. The Bertz CT molecular complexity index is 602. The molecule has 0 aliphatic carbocycles. The van der Waals surface area contributed by atoms with Crippen LogP contribution >= 0.6 is 12.4 Å². The number of nitrogens with zero attached hydrogens (tertiary/aromatic N) is 3. The first kappa shape index (κ1) is 19.5. The van der Waals surface area contributed by atoms with E-state index in [-0.39, 0.29) is 17.8 Å². The summed E-state index contributed by atoms with van der Waals surface area (Å²) in [5.74, 6) is 2.50. The zero-order chi connectivity index (χ0) is 16.2. The van der Waals surface area contributed by atoms with E-state index in [0.29, 0.717) is 19.0 Å². The molecule has 0 aliphatic rings. The number of aryl methyl sites for hydroxylation is 1. The van der Waals surface area contributed by atoms with Gasteiger partial charge in [0.05, 0.1) is 6.54 Å². The zero-order valence-electron chi connectivity index (χ0n) is 14.6. The third-order valence-corrected chi connectivity index (χ3v) is 3.51. The number of nitrogens with one attached hydrogen (secondary N) is 1. The predicted octanol–water partition coefficient (Wildman–Crippen LogP) is 3.32. The average molecular weight is 339 g/mol. The average Bonchev–Trinajstić information content (AvgIpc) is 2.87. The number of rotatable bonds is 6. The second-order valence-electron chi connectivity index (χ2n) is 6.35. The lowest BCUT2D eigenvalue weighted by Gasteiger charge is -2.19. The minimum Gasteiger partial charge on any atom is -0.486 e. The van der Waals surface area contributed by atoms with Crippen LogP contribution in [0.1, 0.15) is 44.9 Å². The number of ether oxygens (including phenoxy) is 1. The molecule has 0 unspecified atom stereocenters. The fraction of sp³-hybridized carbons (Fsp3) is 0.529. The Labute approximate surface area is 144 Å². The Morgan fingerprint density at radius 1 is 1.17 bits per heavy atom. The van der Waals surface area contributed by atoms with Gasteiger partial charge in [-0.3, -0.25) is 0 Å². The fourth-order valence-electron chi connectivity index (χ4n) is 2.23. The molecule has 0 saturated heterocycles. The number of halogens is 1. The summed E-state index contributed by atoms with van der Waals surface area (Å²) in [6.45, 7) is 10.6. The van der Waals surface area contributed by atoms with Crippen LogP contribution in [0.4, 0.5) is 0 Å². The lowest BCUT2D eigenvalue weighted by atomic mass is 9.87. The first-order valence-electron chi connectivity index (χ1n) is 7.74. The molecule has 2 rings (SSSR count). The predicted molar refractivity (Wildman–Crippen MR) is 95.2 cm³/mol. The van der Waals surface area contributed by atoms with Crippen LogP contribution in [0.25, 0.3) is 0 Å². The molecule has 1 heterocycles. The van der Waals surface area contributed by atoms with Crippen molar-refractivity contribution in [1.29, 1.82) is 0 Å². The highest BCUT2D eigenvalue weighted by Gasteiger charge is 2.13. The lowest BCUT2D eigenvalue weighted by molar-refractivity contribution is 0.295. The third kappa shape index (κ3) is 5.22. The van der Waals surface area contributed by atoms with Crippen LogP contribution in [-0.2, 0) is 25.1 Å². The molecule has 5 nitrogen and oxygen atoms in total. The van der Waals surface area contributed by atoms with Crippen molar-refractivity contribution in [3.05, 3.63) is 41.5 Å². The van der Waals surface area contributed by atoms with Crippen LogP contribution < -0.4 is 10.1 Å². The van der Waals surface area contributed by atoms with Gasteiger partial charge in [-0.25, -0.2) is 9.67 Å². The molecule has 0 atom stereocenters. The van der Waals surface area contributed by atoms with Crippen molar-refractivity contribution >= 4 is 12.4 Å². The highest BCUT2D eigenvalue weighted by molar-refractivity contribution is 5.85. The Kier molecular flexibility index (Phi) is 7.03. The van der Waals surface area contributed by atoms with Gasteiger partial charge in [0.25, 0.3) is 0 Å². The lowest BCUT2D eigenvalue weighted by Crippen LogP contribution is -2.12. The highest BCUT2D eigenvalue weighted by atomic mass is 35.5. The molecule has 1 aromatic heterocycles. The van der Waals surface area contributed by atoms with Crippen LogP contribution in [-0.4, -0.2) is 21.8 Å². The largest absolute Gasteiger partial charge is 0.486 e. The van der Waals surface area contributed by atoms with Gasteiger partial charge in [-0.05, 0) is 37.1 Å². The maximum Gasteiger partial charge on any atom is 0.188 e. The summed E-state index contributed by atoms with van der Waals surface area (Å²) >= 11 is 0. The van der Waals surface area contributed by atoms with Crippen molar-refractivity contribution in [3.63, 3.8) is 0 Å². The van der Waals surface area contributed by atoms with Crippen molar-refractivity contribution in [2.75, 3.05) is 7.05 Å². The molecule has 0 fully saturated rings. The maximum absolute atomic E-state index is 5.79. The minimum atomic E-state index is 0. The standard InChI is InChI=1S/C17H26N4O.ClH/c1-6-21-16(11-18-5)19-15(20-21)12-22-14-9-7-13(8-10-14)17(2,3)4;/h7-10,18H,6,11-12H2,1-5H3;1H. The van der Waals surface area contributed by atoms with Crippen molar-refractivity contribution in [2.24, 2.45) is 0 Å². The highest BCUT2D eigenvalue weighted by Crippen LogP contribution is 2.24. The van der Waals surface area contributed by atoms with E-state index in [9.17, 15) is 0 Å². The summed E-state index contributed by atoms with van der Waals surface area (Å²) in [5, 5.41) is 7.56. The molecule has 1 N–H and O–H groups in total. The summed E-state index contributed by atoms with van der Waals surface area (Å²) < 4.78 is 7.69. The first-order chi connectivity index (χ1) is 10.4. The van der Waals surface area contributed by atoms with E-state index in [1.54, 1.807) is 0 Å². The van der Waals surface area contributed by atoms with E-state index in [1.807, 2.05) is 23.9 Å². The normalized spacial score (nSPS) is 11.2. The van der Waals surface area contributed by atoms with Crippen molar-refractivity contribution in [1.82, 2.24) is 20.1 Å². The Hall–Kier alpha value is -1.59. The van der Waals surface area contributed by atoms with E-state index in [4.69, 9.17) is 4.74 Å². The van der Waals surface area contributed by atoms with Gasteiger partial charge in [-0.15, -0.1) is 12.4 Å². The molecule has 0 radical (unpaired) electrons. The maximum atomic E-state index is 5.79. The molecule has 1 aromatic carbocycles. The van der Waals surface area contributed by atoms with Gasteiger partial charge in [-0.2, -0.15) is 5.10 Å². The Morgan fingerprint density at radius 3 is 2.35 bits per heavy atom. The molecule has 128 valence electrons. The molecule has 0 spiro atoms. The number of benzene rings is 1. The quantitative estimate of drug-likeness (QED) is 0.877. The molecule has 2 aromatic rings. The van der Waals surface area contributed by atoms with E-state index in [2.05, 4.69) is 55.2 Å². The number of aromatic nitrogens is 3. The van der Waals surface area contributed by atoms with E-state index in [0.717, 1.165) is 18.1 Å². The topological polar surface area (TPSA) is 52.0 Å². The van der Waals surface area contributed by atoms with Crippen molar-refractivity contribution < 1.29 is 4.74 Å². The third-order valence-electron chi connectivity index (χ3n) is 3.51.